The third-order valence-electron chi connectivity index (χ3n) is 3.69. The quantitative estimate of drug-likeness (QED) is 0.797. The highest BCUT2D eigenvalue weighted by Gasteiger charge is 2.31. The zero-order chi connectivity index (χ0) is 12.6. The fourth-order valence-corrected chi connectivity index (χ4v) is 2.75. The fraction of sp³-hybridized carbons (Fsp3) is 0.538. The molecule has 1 aliphatic heterocycles. The second-order valence-corrected chi connectivity index (χ2v) is 5.28. The number of anilines is 2. The molecule has 2 atom stereocenters. The van der Waals surface area contributed by atoms with Gasteiger partial charge in [-0.15, -0.1) is 0 Å². The zero-order valence-corrected chi connectivity index (χ0v) is 11.0. The van der Waals surface area contributed by atoms with E-state index in [2.05, 4.69) is 11.8 Å². The van der Waals surface area contributed by atoms with Crippen LogP contribution in [-0.2, 0) is 0 Å². The lowest BCUT2D eigenvalue weighted by Gasteiger charge is -2.29. The van der Waals surface area contributed by atoms with Crippen molar-refractivity contribution >= 4 is 23.0 Å². The molecule has 3 N–H and O–H groups in total. The summed E-state index contributed by atoms with van der Waals surface area (Å²) in [6.07, 6.45) is 1.10. The Balaban J connectivity index is 2.37. The number of hydrogen-bond donors (Lipinski definition) is 2. The average molecular weight is 255 g/mol. The zero-order valence-electron chi connectivity index (χ0n) is 10.3. The van der Waals surface area contributed by atoms with Gasteiger partial charge in [0.25, 0.3) is 0 Å². The van der Waals surface area contributed by atoms with E-state index in [0.29, 0.717) is 16.6 Å². The molecule has 1 aromatic carbocycles. The Morgan fingerprint density at radius 2 is 2.24 bits per heavy atom. The number of halogens is 1. The van der Waals surface area contributed by atoms with Gasteiger partial charge in [-0.2, -0.15) is 0 Å². The number of nitrogen functional groups attached to an aromatic ring is 1. The Hall–Kier alpha value is -0.930. The Morgan fingerprint density at radius 1 is 1.53 bits per heavy atom. The summed E-state index contributed by atoms with van der Waals surface area (Å²) in [5.41, 5.74) is 8.60. The van der Waals surface area contributed by atoms with E-state index >= 15 is 0 Å². The van der Waals surface area contributed by atoms with Crippen molar-refractivity contribution in [2.24, 2.45) is 5.92 Å². The predicted molar refractivity (Wildman–Crippen MR) is 72.6 cm³/mol. The van der Waals surface area contributed by atoms with E-state index in [1.54, 1.807) is 0 Å². The van der Waals surface area contributed by atoms with Gasteiger partial charge in [-0.3, -0.25) is 0 Å². The van der Waals surface area contributed by atoms with Gasteiger partial charge in [0, 0.05) is 12.2 Å². The molecule has 1 aliphatic rings. The number of rotatable bonds is 2. The smallest absolute Gasteiger partial charge is 0.0656 e. The minimum atomic E-state index is 0.183. The van der Waals surface area contributed by atoms with Crippen LogP contribution in [0.2, 0.25) is 5.02 Å². The second kappa shape index (κ2) is 4.75. The highest BCUT2D eigenvalue weighted by molar-refractivity contribution is 6.33. The van der Waals surface area contributed by atoms with Crippen LogP contribution in [0.3, 0.4) is 0 Å². The molecule has 0 aromatic heterocycles. The summed E-state index contributed by atoms with van der Waals surface area (Å²) in [5, 5.41) is 10.1. The van der Waals surface area contributed by atoms with Crippen molar-refractivity contribution in [2.75, 3.05) is 23.8 Å². The van der Waals surface area contributed by atoms with Gasteiger partial charge in [0.2, 0.25) is 0 Å². The maximum absolute atomic E-state index is 9.48. The Bertz CT molecular complexity index is 422. The van der Waals surface area contributed by atoms with Gasteiger partial charge in [-0.25, -0.2) is 0 Å². The fourth-order valence-electron chi connectivity index (χ4n) is 2.59. The van der Waals surface area contributed by atoms with Gasteiger partial charge in [-0.05, 0) is 37.0 Å². The highest BCUT2D eigenvalue weighted by atomic mass is 35.5. The van der Waals surface area contributed by atoms with Gasteiger partial charge >= 0.3 is 0 Å². The average Bonchev–Trinajstić information content (AvgIpc) is 2.64. The van der Waals surface area contributed by atoms with E-state index in [-0.39, 0.29) is 12.6 Å². The summed E-state index contributed by atoms with van der Waals surface area (Å²) < 4.78 is 0. The van der Waals surface area contributed by atoms with Crippen molar-refractivity contribution in [3.8, 4) is 0 Å². The van der Waals surface area contributed by atoms with E-state index in [1.807, 2.05) is 19.1 Å². The molecule has 0 aliphatic carbocycles. The standard InChI is InChI=1S/C13H19ClN2O/c1-8-3-4-16(13(8)7-17)12-6-10(14)11(15)5-9(12)2/h5-6,8,13,17H,3-4,7,15H2,1-2H3. The van der Waals surface area contributed by atoms with Crippen molar-refractivity contribution in [1.82, 2.24) is 0 Å². The Morgan fingerprint density at radius 3 is 2.88 bits per heavy atom. The number of hydrogen-bond acceptors (Lipinski definition) is 3. The summed E-state index contributed by atoms with van der Waals surface area (Å²) in [5.74, 6) is 0.510. The lowest BCUT2D eigenvalue weighted by atomic mass is 10.0. The molecular formula is C13H19ClN2O. The first kappa shape index (κ1) is 12.5. The van der Waals surface area contributed by atoms with Gasteiger partial charge in [-0.1, -0.05) is 18.5 Å². The van der Waals surface area contributed by atoms with Crippen LogP contribution in [0.25, 0.3) is 0 Å². The van der Waals surface area contributed by atoms with E-state index < -0.39 is 0 Å². The third kappa shape index (κ3) is 2.22. The molecule has 4 heteroatoms. The van der Waals surface area contributed by atoms with E-state index in [0.717, 1.165) is 24.2 Å². The molecule has 2 rings (SSSR count). The first-order chi connectivity index (χ1) is 8.04. The molecular weight excluding hydrogens is 236 g/mol. The molecule has 0 bridgehead atoms. The second-order valence-electron chi connectivity index (χ2n) is 4.87. The highest BCUT2D eigenvalue weighted by Crippen LogP contribution is 2.35. The minimum absolute atomic E-state index is 0.183. The number of nitrogens with zero attached hydrogens (tertiary/aromatic N) is 1. The maximum Gasteiger partial charge on any atom is 0.0656 e. The molecule has 1 fully saturated rings. The minimum Gasteiger partial charge on any atom is -0.398 e. The molecule has 1 heterocycles. The number of aliphatic hydroxyl groups is 1. The summed E-state index contributed by atoms with van der Waals surface area (Å²) in [6.45, 7) is 5.35. The molecule has 1 aromatic rings. The topological polar surface area (TPSA) is 49.5 Å². The summed E-state index contributed by atoms with van der Waals surface area (Å²) in [6, 6.07) is 4.00. The number of nitrogens with two attached hydrogens (primary N) is 1. The van der Waals surface area contributed by atoms with Crippen molar-refractivity contribution in [2.45, 2.75) is 26.3 Å². The normalized spacial score (nSPS) is 24.4. The molecule has 2 unspecified atom stereocenters. The molecule has 0 spiro atoms. The third-order valence-corrected chi connectivity index (χ3v) is 4.02. The summed E-state index contributed by atoms with van der Waals surface area (Å²) >= 11 is 6.08. The maximum atomic E-state index is 9.48. The molecule has 0 radical (unpaired) electrons. The SMILES string of the molecule is Cc1cc(N)c(Cl)cc1N1CCC(C)C1CO. The molecule has 17 heavy (non-hydrogen) atoms. The first-order valence-corrected chi connectivity index (χ1v) is 6.35. The van der Waals surface area contributed by atoms with E-state index in [9.17, 15) is 5.11 Å². The van der Waals surface area contributed by atoms with Crippen molar-refractivity contribution in [3.63, 3.8) is 0 Å². The number of aliphatic hydroxyl groups excluding tert-OH is 1. The molecule has 94 valence electrons. The van der Waals surface area contributed by atoms with E-state index in [4.69, 9.17) is 17.3 Å². The van der Waals surface area contributed by atoms with Crippen LogP contribution >= 0.6 is 11.6 Å². The van der Waals surface area contributed by atoms with Crippen LogP contribution < -0.4 is 10.6 Å². The number of benzene rings is 1. The number of aryl methyl sites for hydroxylation is 1. The van der Waals surface area contributed by atoms with Crippen LogP contribution in [0.5, 0.6) is 0 Å². The van der Waals surface area contributed by atoms with Gasteiger partial charge in [0.05, 0.1) is 23.4 Å². The van der Waals surface area contributed by atoms with E-state index in [1.165, 1.54) is 0 Å². The van der Waals surface area contributed by atoms with Gasteiger partial charge < -0.3 is 15.7 Å². The van der Waals surface area contributed by atoms with Crippen molar-refractivity contribution < 1.29 is 5.11 Å². The largest absolute Gasteiger partial charge is 0.398 e. The monoisotopic (exact) mass is 254 g/mol. The molecule has 0 saturated carbocycles. The predicted octanol–water partition coefficient (Wildman–Crippen LogP) is 2.44. The van der Waals surface area contributed by atoms with Crippen molar-refractivity contribution in [1.29, 1.82) is 0 Å². The molecule has 3 nitrogen and oxygen atoms in total. The van der Waals surface area contributed by atoms with Crippen LogP contribution in [0.15, 0.2) is 12.1 Å². The lowest BCUT2D eigenvalue weighted by molar-refractivity contribution is 0.244. The first-order valence-electron chi connectivity index (χ1n) is 5.97. The Labute approximate surface area is 107 Å². The van der Waals surface area contributed by atoms with Crippen LogP contribution in [0.4, 0.5) is 11.4 Å². The van der Waals surface area contributed by atoms with Gasteiger partial charge in [0.1, 0.15) is 0 Å². The van der Waals surface area contributed by atoms with Crippen molar-refractivity contribution in [3.05, 3.63) is 22.7 Å². The summed E-state index contributed by atoms with van der Waals surface area (Å²) in [7, 11) is 0. The summed E-state index contributed by atoms with van der Waals surface area (Å²) in [4.78, 5) is 2.24. The Kier molecular flexibility index (Phi) is 3.50. The molecule has 0 amide bonds. The molecule has 1 saturated heterocycles. The van der Waals surface area contributed by atoms with Crippen LogP contribution in [0, 0.1) is 12.8 Å². The van der Waals surface area contributed by atoms with Gasteiger partial charge in [0.15, 0.2) is 0 Å². The van der Waals surface area contributed by atoms with Crippen LogP contribution in [0.1, 0.15) is 18.9 Å². The van der Waals surface area contributed by atoms with Crippen LogP contribution in [-0.4, -0.2) is 24.3 Å². The lowest BCUT2D eigenvalue weighted by Crippen LogP contribution is -2.35.